The monoisotopic (exact) mass is 607 g/mol. The van der Waals surface area contributed by atoms with Crippen LogP contribution in [0.15, 0.2) is 39.9 Å². The van der Waals surface area contributed by atoms with E-state index in [1.54, 1.807) is 34.5 Å². The van der Waals surface area contributed by atoms with E-state index in [9.17, 15) is 18.3 Å². The maximum Gasteiger partial charge on any atom is 0.271 e. The van der Waals surface area contributed by atoms with Gasteiger partial charge in [-0.2, -0.15) is 0 Å². The van der Waals surface area contributed by atoms with Gasteiger partial charge in [0, 0.05) is 37.8 Å². The van der Waals surface area contributed by atoms with Crippen LogP contribution < -0.4 is 9.46 Å². The van der Waals surface area contributed by atoms with Crippen LogP contribution in [0.3, 0.4) is 0 Å². The van der Waals surface area contributed by atoms with Gasteiger partial charge in [0.15, 0.2) is 0 Å². The third-order valence-electron chi connectivity index (χ3n) is 7.82. The number of ether oxygens (including phenoxy) is 2. The summed E-state index contributed by atoms with van der Waals surface area (Å²) in [4.78, 5) is 18.2. The van der Waals surface area contributed by atoms with Crippen molar-refractivity contribution in [3.05, 3.63) is 41.3 Å². The lowest BCUT2D eigenvalue weighted by Crippen LogP contribution is -2.47. The molecule has 41 heavy (non-hydrogen) atoms. The van der Waals surface area contributed by atoms with Gasteiger partial charge in [0.25, 0.3) is 15.9 Å². The van der Waals surface area contributed by atoms with E-state index in [2.05, 4.69) is 23.6 Å². The van der Waals surface area contributed by atoms with Crippen LogP contribution in [0.1, 0.15) is 63.2 Å². The Labute approximate surface area is 248 Å². The normalized spacial score (nSPS) is 23.9. The van der Waals surface area contributed by atoms with Crippen molar-refractivity contribution < 1.29 is 27.8 Å². The number of hydrogen-bond acceptors (Lipinski definition) is 8. The molecule has 1 aliphatic heterocycles. The summed E-state index contributed by atoms with van der Waals surface area (Å²) in [5.41, 5.74) is 0.534. The zero-order chi connectivity index (χ0) is 29.6. The van der Waals surface area contributed by atoms with Gasteiger partial charge < -0.3 is 24.4 Å². The summed E-state index contributed by atoms with van der Waals surface area (Å²) in [5, 5.41) is 11.8. The molecule has 1 amide bonds. The van der Waals surface area contributed by atoms with Gasteiger partial charge in [0.1, 0.15) is 9.96 Å². The number of carbonyl (C=O) groups excluding carboxylic acids is 1. The molecule has 4 rings (SSSR count). The van der Waals surface area contributed by atoms with Gasteiger partial charge in [-0.15, -0.1) is 11.3 Å². The van der Waals surface area contributed by atoms with E-state index < -0.39 is 16.1 Å². The molecule has 0 unspecified atom stereocenters. The minimum Gasteiger partial charge on any atom is -0.490 e. The van der Waals surface area contributed by atoms with Gasteiger partial charge in [-0.1, -0.05) is 13.0 Å². The molecule has 0 saturated heterocycles. The minimum atomic E-state index is -3.80. The second kappa shape index (κ2) is 14.3. The molecule has 2 aromatic rings. The third-order valence-corrected chi connectivity index (χ3v) is 10.6. The number of aliphatic hydroxyl groups excluding tert-OH is 1. The molecule has 2 heterocycles. The van der Waals surface area contributed by atoms with Crippen molar-refractivity contribution in [1.29, 1.82) is 0 Å². The lowest BCUT2D eigenvalue weighted by molar-refractivity contribution is -0.0172. The molecular formula is C30H45N3O6S2. The van der Waals surface area contributed by atoms with Crippen LogP contribution in [0.5, 0.6) is 5.75 Å². The number of thiophene rings is 1. The topological polar surface area (TPSA) is 108 Å². The number of aliphatic hydroxyl groups is 1. The molecule has 11 heteroatoms. The third kappa shape index (κ3) is 8.90. The van der Waals surface area contributed by atoms with E-state index in [-0.39, 0.29) is 46.1 Å². The Morgan fingerprint density at radius 2 is 1.95 bits per heavy atom. The fourth-order valence-corrected chi connectivity index (χ4v) is 7.24. The molecule has 1 aromatic carbocycles. The van der Waals surface area contributed by atoms with Crippen LogP contribution in [0.4, 0.5) is 5.69 Å². The maximum absolute atomic E-state index is 14.2. The predicted molar refractivity (Wildman–Crippen MR) is 162 cm³/mol. The number of anilines is 1. The van der Waals surface area contributed by atoms with Gasteiger partial charge >= 0.3 is 0 Å². The summed E-state index contributed by atoms with van der Waals surface area (Å²) in [6, 6.07) is 7.58. The van der Waals surface area contributed by atoms with Crippen molar-refractivity contribution in [2.75, 3.05) is 44.6 Å². The second-order valence-corrected chi connectivity index (χ2v) is 14.6. The summed E-state index contributed by atoms with van der Waals surface area (Å²) in [6.07, 6.45) is 4.98. The lowest BCUT2D eigenvalue weighted by atomic mass is 10.0. The highest BCUT2D eigenvalue weighted by molar-refractivity contribution is 7.94. The van der Waals surface area contributed by atoms with Gasteiger partial charge in [0.2, 0.25) is 0 Å². The summed E-state index contributed by atoms with van der Waals surface area (Å²) in [6.45, 7) is 8.53. The van der Waals surface area contributed by atoms with E-state index in [0.29, 0.717) is 18.9 Å². The Bertz CT molecular complexity index is 1230. The van der Waals surface area contributed by atoms with E-state index in [1.807, 2.05) is 13.8 Å². The summed E-state index contributed by atoms with van der Waals surface area (Å²) in [7, 11) is -1.67. The molecule has 228 valence electrons. The van der Waals surface area contributed by atoms with Crippen molar-refractivity contribution in [2.24, 2.45) is 11.8 Å². The first-order valence-corrected chi connectivity index (χ1v) is 17.0. The van der Waals surface area contributed by atoms with Crippen LogP contribution in [0, 0.1) is 11.8 Å². The zero-order valence-corrected chi connectivity index (χ0v) is 26.3. The van der Waals surface area contributed by atoms with Crippen molar-refractivity contribution >= 4 is 33.0 Å². The first-order chi connectivity index (χ1) is 19.6. The zero-order valence-electron chi connectivity index (χ0n) is 24.6. The standard InChI is InChI=1S/C30H45N3O6S2/c1-21-17-33(22(2)20-34)30(35)26-16-25(31-41(36,37)29-9-7-15-40-29)12-13-27(26)39-23(3)8-5-6-14-38-28(21)19-32(4)18-24-10-11-24/h7,9,12-13,15-16,21-24,28,31,34H,5-6,8,10-11,14,17-20H2,1-4H3/t21-,22+,23-,28-/m0/s1. The predicted octanol–water partition coefficient (Wildman–Crippen LogP) is 4.69. The Balaban J connectivity index is 1.65. The molecule has 9 nitrogen and oxygen atoms in total. The highest BCUT2D eigenvalue weighted by Crippen LogP contribution is 2.31. The molecular weight excluding hydrogens is 562 g/mol. The molecule has 4 atom stereocenters. The Kier molecular flexibility index (Phi) is 11.1. The van der Waals surface area contributed by atoms with Crippen LogP contribution in [0.25, 0.3) is 0 Å². The Morgan fingerprint density at radius 1 is 1.17 bits per heavy atom. The lowest BCUT2D eigenvalue weighted by Gasteiger charge is -2.36. The fourth-order valence-electron chi connectivity index (χ4n) is 5.19. The van der Waals surface area contributed by atoms with Crippen LogP contribution >= 0.6 is 11.3 Å². The number of nitrogens with zero attached hydrogens (tertiary/aromatic N) is 2. The summed E-state index contributed by atoms with van der Waals surface area (Å²) >= 11 is 1.12. The Morgan fingerprint density at radius 3 is 2.63 bits per heavy atom. The summed E-state index contributed by atoms with van der Waals surface area (Å²) < 4.78 is 41.3. The number of nitrogens with one attached hydrogen (secondary N) is 1. The first-order valence-electron chi connectivity index (χ1n) is 14.7. The number of rotatable bonds is 9. The highest BCUT2D eigenvalue weighted by atomic mass is 32.2. The smallest absolute Gasteiger partial charge is 0.271 e. The number of likely N-dealkylation sites (N-methyl/N-ethyl adjacent to an activating group) is 1. The van der Waals surface area contributed by atoms with Gasteiger partial charge in [-0.25, -0.2) is 8.42 Å². The van der Waals surface area contributed by atoms with E-state index in [4.69, 9.17) is 9.47 Å². The largest absolute Gasteiger partial charge is 0.490 e. The fraction of sp³-hybridized carbons (Fsp3) is 0.633. The molecule has 2 aliphatic rings. The van der Waals surface area contributed by atoms with Gasteiger partial charge in [0.05, 0.1) is 30.4 Å². The van der Waals surface area contributed by atoms with Crippen molar-refractivity contribution in [3.8, 4) is 5.75 Å². The van der Waals surface area contributed by atoms with Crippen molar-refractivity contribution in [1.82, 2.24) is 9.80 Å². The second-order valence-electron chi connectivity index (χ2n) is 11.7. The van der Waals surface area contributed by atoms with Crippen molar-refractivity contribution in [3.63, 3.8) is 0 Å². The van der Waals surface area contributed by atoms with E-state index in [1.165, 1.54) is 18.9 Å². The average molecular weight is 608 g/mol. The molecule has 1 fully saturated rings. The van der Waals surface area contributed by atoms with E-state index in [0.717, 1.165) is 49.6 Å². The molecule has 0 spiro atoms. The van der Waals surface area contributed by atoms with Crippen molar-refractivity contribution in [2.45, 2.75) is 75.3 Å². The molecule has 1 aromatic heterocycles. The molecule has 1 aliphatic carbocycles. The summed E-state index contributed by atoms with van der Waals surface area (Å²) in [5.74, 6) is 0.852. The quantitative estimate of drug-likeness (QED) is 0.426. The van der Waals surface area contributed by atoms with Crippen LogP contribution in [-0.4, -0.2) is 87.4 Å². The number of benzene rings is 1. The first kappa shape index (κ1) is 31.7. The minimum absolute atomic E-state index is 0.00125. The number of sulfonamides is 1. The molecule has 0 radical (unpaired) electrons. The average Bonchev–Trinajstić information content (AvgIpc) is 3.55. The maximum atomic E-state index is 14.2. The van der Waals surface area contributed by atoms with Crippen LogP contribution in [-0.2, 0) is 14.8 Å². The van der Waals surface area contributed by atoms with Gasteiger partial charge in [-0.05, 0) is 88.6 Å². The SMILES string of the molecule is C[C@H](CO)N1C[C@H](C)[C@H](CN(C)CC2CC2)OCCCC[C@H](C)Oc2ccc(NS(=O)(=O)c3cccs3)cc2C1=O. The molecule has 1 saturated carbocycles. The molecule has 0 bridgehead atoms. The van der Waals surface area contributed by atoms with E-state index >= 15 is 0 Å². The number of amides is 1. The van der Waals surface area contributed by atoms with Crippen LogP contribution in [0.2, 0.25) is 0 Å². The highest BCUT2D eigenvalue weighted by Gasteiger charge is 2.31. The van der Waals surface area contributed by atoms with Gasteiger partial charge in [-0.3, -0.25) is 9.52 Å². The number of hydrogen-bond donors (Lipinski definition) is 2. The Hall–Kier alpha value is -2.18. The number of carbonyl (C=O) groups is 1. The molecule has 2 N–H and O–H groups in total. The number of fused-ring (bicyclic) bond motifs is 1.